The molecular weight excluding hydrogens is 304 g/mol. The van der Waals surface area contributed by atoms with Crippen molar-refractivity contribution in [2.24, 2.45) is 7.05 Å². The number of hydrogen-bond acceptors (Lipinski definition) is 1. The molecular formula is C23H25N2+. The van der Waals surface area contributed by atoms with Gasteiger partial charge in [0.1, 0.15) is 7.05 Å². The first-order chi connectivity index (χ1) is 11.8. The molecule has 1 aromatic carbocycles. The fourth-order valence-corrected chi connectivity index (χ4v) is 4.04. The van der Waals surface area contributed by atoms with Crippen LogP contribution in [-0.4, -0.2) is 4.98 Å². The fourth-order valence-electron chi connectivity index (χ4n) is 4.04. The van der Waals surface area contributed by atoms with Crippen molar-refractivity contribution in [1.29, 1.82) is 0 Å². The number of aromatic nitrogens is 2. The fraction of sp³-hybridized carbons (Fsp3) is 0.304. The third kappa shape index (κ3) is 2.31. The summed E-state index contributed by atoms with van der Waals surface area (Å²) in [4.78, 5) is 4.88. The van der Waals surface area contributed by atoms with Gasteiger partial charge in [0.05, 0.1) is 5.69 Å². The minimum atomic E-state index is -0.0469. The van der Waals surface area contributed by atoms with E-state index >= 15 is 0 Å². The molecule has 2 aromatic heterocycles. The van der Waals surface area contributed by atoms with Crippen molar-refractivity contribution in [3.05, 3.63) is 70.7 Å². The first kappa shape index (κ1) is 16.0. The van der Waals surface area contributed by atoms with E-state index < -0.39 is 0 Å². The van der Waals surface area contributed by atoms with Crippen LogP contribution < -0.4 is 4.57 Å². The second kappa shape index (κ2) is 5.26. The lowest BCUT2D eigenvalue weighted by Gasteiger charge is -2.21. The van der Waals surface area contributed by atoms with Gasteiger partial charge in [0.25, 0.3) is 0 Å². The summed E-state index contributed by atoms with van der Waals surface area (Å²) < 4.78 is 2.20. The average molecular weight is 329 g/mol. The van der Waals surface area contributed by atoms with Gasteiger partial charge in [-0.1, -0.05) is 26.0 Å². The molecule has 1 aliphatic rings. The lowest BCUT2D eigenvalue weighted by Crippen LogP contribution is -2.30. The van der Waals surface area contributed by atoms with Crippen LogP contribution in [0.1, 0.15) is 41.9 Å². The molecule has 0 atom stereocenters. The van der Waals surface area contributed by atoms with Crippen LogP contribution in [0.3, 0.4) is 0 Å². The molecule has 4 rings (SSSR count). The molecule has 0 N–H and O–H groups in total. The smallest absolute Gasteiger partial charge is 0.212 e. The Kier molecular flexibility index (Phi) is 3.37. The molecule has 25 heavy (non-hydrogen) atoms. The van der Waals surface area contributed by atoms with Gasteiger partial charge in [-0.15, -0.1) is 0 Å². The number of nitrogens with zero attached hydrogens (tertiary/aromatic N) is 2. The predicted molar refractivity (Wildman–Crippen MR) is 103 cm³/mol. The van der Waals surface area contributed by atoms with Crippen molar-refractivity contribution in [1.82, 2.24) is 4.98 Å². The number of benzene rings is 1. The molecule has 0 saturated carbocycles. The van der Waals surface area contributed by atoms with Crippen molar-refractivity contribution in [3.8, 4) is 22.4 Å². The Balaban J connectivity index is 2.01. The van der Waals surface area contributed by atoms with Crippen LogP contribution >= 0.6 is 0 Å². The van der Waals surface area contributed by atoms with Crippen molar-refractivity contribution < 1.29 is 4.57 Å². The molecule has 3 aromatic rings. The summed E-state index contributed by atoms with van der Waals surface area (Å²) in [5.74, 6) is 0. The molecule has 0 amide bonds. The summed E-state index contributed by atoms with van der Waals surface area (Å²) >= 11 is 0. The molecule has 0 fully saturated rings. The van der Waals surface area contributed by atoms with E-state index in [1.165, 1.54) is 44.8 Å². The summed E-state index contributed by atoms with van der Waals surface area (Å²) in [6.07, 6.45) is 2.14. The van der Waals surface area contributed by atoms with Gasteiger partial charge in [-0.2, -0.15) is 0 Å². The lowest BCUT2D eigenvalue weighted by molar-refractivity contribution is -0.660. The van der Waals surface area contributed by atoms with Crippen LogP contribution in [-0.2, 0) is 12.5 Å². The van der Waals surface area contributed by atoms with E-state index in [2.05, 4.69) is 88.8 Å². The molecule has 0 spiro atoms. The minimum absolute atomic E-state index is 0.0469. The quantitative estimate of drug-likeness (QED) is 0.586. The van der Waals surface area contributed by atoms with Gasteiger partial charge in [-0.3, -0.25) is 4.98 Å². The van der Waals surface area contributed by atoms with E-state index in [1.54, 1.807) is 0 Å². The van der Waals surface area contributed by atoms with Crippen LogP contribution in [0.15, 0.2) is 42.6 Å². The summed E-state index contributed by atoms with van der Waals surface area (Å²) in [6.45, 7) is 11.0. The average Bonchev–Trinajstić information content (AvgIpc) is 2.77. The topological polar surface area (TPSA) is 16.8 Å². The molecule has 2 heteroatoms. The third-order valence-electron chi connectivity index (χ3n) is 5.54. The Hall–Kier alpha value is -2.48. The Labute approximate surface area is 150 Å². The third-order valence-corrected chi connectivity index (χ3v) is 5.54. The van der Waals surface area contributed by atoms with Gasteiger partial charge in [0.15, 0.2) is 6.20 Å². The Bertz CT molecular complexity index is 1010. The van der Waals surface area contributed by atoms with E-state index in [-0.39, 0.29) is 5.41 Å². The van der Waals surface area contributed by atoms with E-state index in [9.17, 15) is 0 Å². The SMILES string of the molecule is Cc1cc[n+](C)c(-c2cc3c(cc2C)C(C)(C)c2nc(C)ccc2-3)c1. The summed E-state index contributed by atoms with van der Waals surface area (Å²) in [7, 11) is 2.12. The van der Waals surface area contributed by atoms with E-state index in [0.29, 0.717) is 0 Å². The van der Waals surface area contributed by atoms with Crippen molar-refractivity contribution >= 4 is 0 Å². The first-order valence-electron chi connectivity index (χ1n) is 8.89. The molecule has 126 valence electrons. The molecule has 0 unspecified atom stereocenters. The van der Waals surface area contributed by atoms with Crippen LogP contribution in [0, 0.1) is 20.8 Å². The maximum absolute atomic E-state index is 4.88. The Morgan fingerprint density at radius 2 is 1.64 bits per heavy atom. The number of hydrogen-bond donors (Lipinski definition) is 0. The van der Waals surface area contributed by atoms with Crippen LogP contribution in [0.4, 0.5) is 0 Å². The molecule has 0 aliphatic heterocycles. The number of fused-ring (bicyclic) bond motifs is 3. The molecule has 1 aliphatic carbocycles. The first-order valence-corrected chi connectivity index (χ1v) is 8.89. The van der Waals surface area contributed by atoms with Crippen molar-refractivity contribution in [2.45, 2.75) is 40.0 Å². The second-order valence-corrected chi connectivity index (χ2v) is 7.89. The summed E-state index contributed by atoms with van der Waals surface area (Å²) in [5.41, 5.74) is 11.4. The largest absolute Gasteiger partial charge is 0.257 e. The highest BCUT2D eigenvalue weighted by atomic mass is 14.9. The van der Waals surface area contributed by atoms with Gasteiger partial charge in [-0.05, 0) is 55.2 Å². The van der Waals surface area contributed by atoms with Crippen molar-refractivity contribution in [2.75, 3.05) is 0 Å². The normalized spacial score (nSPS) is 14.3. The highest BCUT2D eigenvalue weighted by Gasteiger charge is 2.37. The van der Waals surface area contributed by atoms with E-state index in [0.717, 1.165) is 5.69 Å². The second-order valence-electron chi connectivity index (χ2n) is 7.89. The summed E-state index contributed by atoms with van der Waals surface area (Å²) in [6, 6.07) is 13.5. The van der Waals surface area contributed by atoms with Crippen LogP contribution in [0.2, 0.25) is 0 Å². The number of pyridine rings is 2. The minimum Gasteiger partial charge on any atom is -0.257 e. The maximum atomic E-state index is 4.88. The highest BCUT2D eigenvalue weighted by Crippen LogP contribution is 2.49. The van der Waals surface area contributed by atoms with Gasteiger partial charge in [0.2, 0.25) is 5.69 Å². The number of aryl methyl sites for hydroxylation is 4. The summed E-state index contributed by atoms with van der Waals surface area (Å²) in [5, 5.41) is 0. The Morgan fingerprint density at radius 1 is 0.880 bits per heavy atom. The predicted octanol–water partition coefficient (Wildman–Crippen LogP) is 4.80. The van der Waals surface area contributed by atoms with Gasteiger partial charge < -0.3 is 0 Å². The monoisotopic (exact) mass is 329 g/mol. The zero-order valence-corrected chi connectivity index (χ0v) is 15.9. The molecule has 2 nitrogen and oxygen atoms in total. The van der Waals surface area contributed by atoms with Crippen LogP contribution in [0.5, 0.6) is 0 Å². The molecule has 0 radical (unpaired) electrons. The van der Waals surface area contributed by atoms with Gasteiger partial charge in [0, 0.05) is 34.4 Å². The Morgan fingerprint density at radius 3 is 2.40 bits per heavy atom. The van der Waals surface area contributed by atoms with E-state index in [1.807, 2.05) is 0 Å². The number of rotatable bonds is 1. The van der Waals surface area contributed by atoms with Crippen molar-refractivity contribution in [3.63, 3.8) is 0 Å². The highest BCUT2D eigenvalue weighted by molar-refractivity contribution is 5.83. The zero-order valence-electron chi connectivity index (χ0n) is 15.9. The van der Waals surface area contributed by atoms with Gasteiger partial charge >= 0.3 is 0 Å². The standard InChI is InChI=1S/C23H25N2/c1-14-9-10-25(6)21(11-14)18-13-19-17-8-7-16(3)24-22(17)23(4,5)20(19)12-15(18)2/h7-13H,1-6H3/q+1. The zero-order chi connectivity index (χ0) is 17.9. The lowest BCUT2D eigenvalue weighted by atomic mass is 9.83. The van der Waals surface area contributed by atoms with Gasteiger partial charge in [-0.25, -0.2) is 4.57 Å². The maximum Gasteiger partial charge on any atom is 0.212 e. The van der Waals surface area contributed by atoms with E-state index in [4.69, 9.17) is 4.98 Å². The molecule has 2 heterocycles. The van der Waals surface area contributed by atoms with Crippen LogP contribution in [0.25, 0.3) is 22.4 Å². The molecule has 0 saturated heterocycles. The molecule has 0 bridgehead atoms.